The van der Waals surface area contributed by atoms with Crippen molar-refractivity contribution in [3.8, 4) is 43.5 Å². The van der Waals surface area contributed by atoms with Crippen molar-refractivity contribution in [2.45, 2.75) is 0 Å². The highest BCUT2D eigenvalue weighted by Crippen LogP contribution is 2.42. The number of benzene rings is 9. The van der Waals surface area contributed by atoms with E-state index in [0.717, 1.165) is 113 Å². The van der Waals surface area contributed by atoms with Crippen LogP contribution in [0.25, 0.3) is 89.3 Å². The molecule has 3 heterocycles. The van der Waals surface area contributed by atoms with Crippen LogP contribution >= 0.6 is 34.0 Å². The topological polar surface area (TPSA) is 167 Å². The van der Waals surface area contributed by atoms with Crippen LogP contribution in [0, 0.1) is 29.2 Å². The lowest BCUT2D eigenvalue weighted by atomic mass is 9.96. The number of hydrogen-bond donors (Lipinski definition) is 3. The van der Waals surface area contributed by atoms with Gasteiger partial charge in [0.2, 0.25) is 0 Å². The monoisotopic (exact) mass is 1310 g/mol. The predicted octanol–water partition coefficient (Wildman–Crippen LogP) is 21.4. The largest absolute Gasteiger partial charge is 0.486 e. The molecule has 0 amide bonds. The van der Waals surface area contributed by atoms with E-state index in [0.29, 0.717) is 16.7 Å². The number of aliphatic carboxylic acids is 3. The van der Waals surface area contributed by atoms with Crippen molar-refractivity contribution in [3.05, 3.63) is 366 Å². The quantitative estimate of drug-likeness (QED) is 0.0360. The third-order valence-electron chi connectivity index (χ3n) is 15.9. The first kappa shape index (κ1) is 64.3. The lowest BCUT2D eigenvalue weighted by Crippen LogP contribution is -2.09. The van der Waals surface area contributed by atoms with E-state index < -0.39 is 17.9 Å². The van der Waals surface area contributed by atoms with Crippen LogP contribution in [-0.4, -0.2) is 33.2 Å². The molecule has 12 aromatic rings. The van der Waals surface area contributed by atoms with Crippen LogP contribution in [0.2, 0.25) is 0 Å². The van der Waals surface area contributed by atoms with Crippen molar-refractivity contribution in [1.29, 1.82) is 10.5 Å². The van der Waals surface area contributed by atoms with Gasteiger partial charge in [-0.3, -0.25) is 4.79 Å². The highest BCUT2D eigenvalue weighted by molar-refractivity contribution is 7.17. The average Bonchev–Trinajstić information content (AvgIpc) is 1.60. The number of thiophene rings is 3. The van der Waals surface area contributed by atoms with Crippen molar-refractivity contribution >= 4 is 122 Å². The van der Waals surface area contributed by atoms with Gasteiger partial charge >= 0.3 is 17.9 Å². The molecule has 13 heteroatoms. The summed E-state index contributed by atoms with van der Waals surface area (Å²) in [6.07, 6.45) is 10.6. The van der Waals surface area contributed by atoms with Gasteiger partial charge in [0.15, 0.2) is 0 Å². The molecule has 3 N–H and O–H groups in total. The van der Waals surface area contributed by atoms with Crippen LogP contribution in [0.15, 0.2) is 290 Å². The Bertz CT molecular complexity index is 4690. The average molecular weight is 1310 g/mol. The maximum Gasteiger partial charge on any atom is 0.346 e. The summed E-state index contributed by atoms with van der Waals surface area (Å²) in [7, 11) is 0. The highest BCUT2D eigenvalue weighted by Gasteiger charge is 2.18. The minimum Gasteiger partial charge on any atom is -0.486 e. The molecule has 464 valence electrons. The second-order valence-corrected chi connectivity index (χ2v) is 25.5. The maximum atomic E-state index is 11.6. The molecular weight excluding hydrogens is 1260 g/mol. The van der Waals surface area contributed by atoms with Gasteiger partial charge in [0.1, 0.15) is 23.3 Å². The molecule has 0 bridgehead atoms. The molecule has 0 aliphatic carbocycles. The fraction of sp³-hybridized carbons (Fsp3) is 0. The Morgan fingerprint density at radius 1 is 0.340 bits per heavy atom. The number of rotatable bonds is 21. The van der Waals surface area contributed by atoms with Crippen LogP contribution in [0.1, 0.15) is 64.7 Å². The molecule has 0 unspecified atom stereocenters. The van der Waals surface area contributed by atoms with Gasteiger partial charge in [0.25, 0.3) is 5.70 Å². The number of carbonyl (C=O) groups is 3. The molecule has 0 aliphatic heterocycles. The molecule has 0 saturated carbocycles. The first-order valence-corrected chi connectivity index (χ1v) is 32.9. The summed E-state index contributed by atoms with van der Waals surface area (Å²) < 4.78 is 0. The third-order valence-corrected chi connectivity index (χ3v) is 19.1. The molecule has 12 rings (SSSR count). The van der Waals surface area contributed by atoms with Crippen LogP contribution in [0.5, 0.6) is 0 Å². The van der Waals surface area contributed by atoms with Crippen LogP contribution < -0.4 is 4.90 Å². The van der Waals surface area contributed by atoms with Gasteiger partial charge < -0.3 is 20.2 Å². The second kappa shape index (κ2) is 29.9. The lowest BCUT2D eigenvalue weighted by molar-refractivity contribution is -0.133. The van der Waals surface area contributed by atoms with E-state index >= 15 is 0 Å². The van der Waals surface area contributed by atoms with Gasteiger partial charge in [0, 0.05) is 46.3 Å². The molecule has 0 aliphatic rings. The summed E-state index contributed by atoms with van der Waals surface area (Å²) in [5.41, 5.74) is 15.7. The van der Waals surface area contributed by atoms with E-state index in [4.69, 9.17) is 6.57 Å². The van der Waals surface area contributed by atoms with Crippen LogP contribution in [-0.2, 0) is 14.4 Å². The fourth-order valence-electron chi connectivity index (χ4n) is 11.0. The second-order valence-electron chi connectivity index (χ2n) is 22.1. The Hall–Kier alpha value is -12.8. The normalized spacial score (nSPS) is 12.1. The molecule has 9 aromatic carbocycles. The Labute approximate surface area is 572 Å². The van der Waals surface area contributed by atoms with Gasteiger partial charge in [-0.05, 0) is 193 Å². The minimum absolute atomic E-state index is 0.336. The summed E-state index contributed by atoms with van der Waals surface area (Å²) in [5.74, 6) is -3.81. The number of nitrogens with zero attached hydrogens (tertiary/aromatic N) is 4. The van der Waals surface area contributed by atoms with Crippen molar-refractivity contribution in [2.24, 2.45) is 0 Å². The first-order chi connectivity index (χ1) is 47.4. The summed E-state index contributed by atoms with van der Waals surface area (Å²) in [6.45, 7) is 7.29. The van der Waals surface area contributed by atoms with E-state index in [1.165, 1.54) is 18.2 Å². The molecule has 0 fully saturated rings. The molecule has 0 atom stereocenters. The van der Waals surface area contributed by atoms with Crippen molar-refractivity contribution in [1.82, 2.24) is 0 Å². The minimum atomic E-state index is -1.27. The molecule has 0 radical (unpaired) electrons. The zero-order chi connectivity index (χ0) is 67.2. The lowest BCUT2D eigenvalue weighted by Gasteiger charge is -2.26. The number of anilines is 3. The molecular formula is C84H54N4O6S3. The molecule has 97 heavy (non-hydrogen) atoms. The van der Waals surface area contributed by atoms with E-state index in [2.05, 4.69) is 174 Å². The van der Waals surface area contributed by atoms with E-state index in [9.17, 15) is 40.2 Å². The molecule has 0 saturated heterocycles. The predicted molar refractivity (Wildman–Crippen MR) is 395 cm³/mol. The molecule has 3 aromatic heterocycles. The number of hydrogen-bond acceptors (Lipinski definition) is 9. The molecule has 10 nitrogen and oxygen atoms in total. The van der Waals surface area contributed by atoms with Crippen molar-refractivity contribution < 1.29 is 29.7 Å². The van der Waals surface area contributed by atoms with Crippen LogP contribution in [0.4, 0.5) is 17.1 Å². The van der Waals surface area contributed by atoms with Crippen molar-refractivity contribution in [3.63, 3.8) is 0 Å². The third kappa shape index (κ3) is 15.5. The van der Waals surface area contributed by atoms with Gasteiger partial charge in [-0.25, -0.2) is 14.4 Å². The Morgan fingerprint density at radius 2 is 0.619 bits per heavy atom. The number of nitriles is 2. The van der Waals surface area contributed by atoms with Gasteiger partial charge in [0.05, 0.1) is 6.57 Å². The van der Waals surface area contributed by atoms with Gasteiger partial charge in [-0.2, -0.15) is 10.5 Å². The Kier molecular flexibility index (Phi) is 19.8. The number of carboxylic acid groups (broad SMARTS) is 3. The Morgan fingerprint density at radius 3 is 0.876 bits per heavy atom. The summed E-state index contributed by atoms with van der Waals surface area (Å²) >= 11 is 5.04. The standard InChI is InChI=1S/C84H54N4O6S3/c1-87-78(84(93)94)49-57-21-27-63(28-22-57)77(60-15-9-4-10-16-60)52-74-43-46-81(97-74)66-33-39-71(40-34-66)88(69-35-29-64(30-36-69)79-44-41-72(95-79)50-75(58-11-5-2-6-12-58)61-23-17-55(18-24-61)47-67(53-85)82(89)90)70-37-31-65(32-38-70)80-45-42-73(96-80)51-76(59-13-7-3-8-14-59)62-25-19-56(20-26-62)48-68(54-86)83(91)92/h2-52H,(H,89,90)(H,91,92)(H,93,94). The summed E-state index contributed by atoms with van der Waals surface area (Å²) in [6, 6.07) is 95.0. The van der Waals surface area contributed by atoms with E-state index in [1.807, 2.05) is 127 Å². The van der Waals surface area contributed by atoms with Crippen LogP contribution in [0.3, 0.4) is 0 Å². The zero-order valence-electron chi connectivity index (χ0n) is 51.5. The Balaban J connectivity index is 0.857. The zero-order valence-corrected chi connectivity index (χ0v) is 54.0. The number of carboxylic acids is 3. The van der Waals surface area contributed by atoms with Gasteiger partial charge in [-0.1, -0.05) is 200 Å². The fourth-order valence-corrected chi connectivity index (χ4v) is 13.9. The highest BCUT2D eigenvalue weighted by atomic mass is 32.1. The SMILES string of the molecule is [C-]#[N+]C(=Cc1ccc(C(=Cc2ccc(-c3ccc(N(c4ccc(-c5ccc(C=C(c6ccccc6)c6ccc(C=C(C#N)C(=O)O)cc6)s5)cc4)c4ccc(-c5ccc(C=C(c6ccccc6)c6ccc(C=C(C#N)C(=O)O)cc6)s5)cc4)cc3)s2)c2ccccc2)cc1)C(=O)O. The van der Waals surface area contributed by atoms with Crippen molar-refractivity contribution in [2.75, 3.05) is 4.90 Å². The summed E-state index contributed by atoms with van der Waals surface area (Å²) in [4.78, 5) is 46.5. The van der Waals surface area contributed by atoms with E-state index in [1.54, 1.807) is 46.1 Å². The van der Waals surface area contributed by atoms with Gasteiger partial charge in [-0.15, -0.1) is 34.0 Å². The molecule has 0 spiro atoms. The first-order valence-electron chi connectivity index (χ1n) is 30.4. The smallest absolute Gasteiger partial charge is 0.346 e. The van der Waals surface area contributed by atoms with E-state index in [-0.39, 0.29) is 16.8 Å². The maximum absolute atomic E-state index is 11.6. The summed E-state index contributed by atoms with van der Waals surface area (Å²) in [5, 5.41) is 47.1.